The van der Waals surface area contributed by atoms with Gasteiger partial charge in [0, 0.05) is 50.0 Å². The number of aromatic nitrogens is 1. The van der Waals surface area contributed by atoms with E-state index >= 15 is 0 Å². The lowest BCUT2D eigenvalue weighted by molar-refractivity contribution is -0.192. The predicted octanol–water partition coefficient (Wildman–Crippen LogP) is 5.88. The second-order valence-electron chi connectivity index (χ2n) is 13.2. The molecule has 2 saturated heterocycles. The quantitative estimate of drug-likeness (QED) is 0.272. The van der Waals surface area contributed by atoms with Gasteiger partial charge in [-0.3, -0.25) is 9.69 Å². The summed E-state index contributed by atoms with van der Waals surface area (Å²) < 4.78 is 67.3. The number of sulfonamides is 1. The lowest BCUT2D eigenvalue weighted by Crippen LogP contribution is -2.61. The van der Waals surface area contributed by atoms with E-state index in [0.717, 1.165) is 15.4 Å². The van der Waals surface area contributed by atoms with E-state index in [-0.39, 0.29) is 23.4 Å². The van der Waals surface area contributed by atoms with Crippen LogP contribution in [0.2, 0.25) is 5.02 Å². The van der Waals surface area contributed by atoms with Gasteiger partial charge in [-0.15, -0.1) is 11.3 Å². The average molecular weight is 786 g/mol. The van der Waals surface area contributed by atoms with Gasteiger partial charge in [0.2, 0.25) is 15.9 Å². The maximum absolute atomic E-state index is 14.1. The Bertz CT molecular complexity index is 1750. The van der Waals surface area contributed by atoms with Gasteiger partial charge in [-0.25, -0.2) is 18.2 Å². The number of carbonyl (C=O) groups excluding carboxylic acids is 1. The van der Waals surface area contributed by atoms with Crippen molar-refractivity contribution in [2.45, 2.75) is 74.6 Å². The summed E-state index contributed by atoms with van der Waals surface area (Å²) in [7, 11) is -3.93. The SMILES string of the molecule is NC1CCN(C(=O)[C@@H]2CN(Cc3ncc(-c4ccc(Cl)cc4)s3)CCN2S(=O)(=O)c2ccc(OCC3CCCCC3)cc2)CC1.O=C(O)C(F)(F)F. The maximum atomic E-state index is 14.1. The summed E-state index contributed by atoms with van der Waals surface area (Å²) in [6.07, 6.45) is 4.35. The Morgan fingerprint density at radius 2 is 1.60 bits per heavy atom. The van der Waals surface area contributed by atoms with Crippen molar-refractivity contribution < 1.29 is 41.0 Å². The Balaban J connectivity index is 0.000000679. The molecule has 3 fully saturated rings. The fraction of sp³-hybridized carbons (Fsp3) is 0.514. The smallest absolute Gasteiger partial charge is 0.490 e. The van der Waals surface area contributed by atoms with Crippen molar-refractivity contribution in [3.8, 4) is 16.2 Å². The summed E-state index contributed by atoms with van der Waals surface area (Å²) in [6.45, 7) is 3.26. The number of carboxylic acids is 1. The number of piperazine rings is 1. The summed E-state index contributed by atoms with van der Waals surface area (Å²) in [4.78, 5) is 32.6. The summed E-state index contributed by atoms with van der Waals surface area (Å²) in [6, 6.07) is 13.6. The van der Waals surface area contributed by atoms with E-state index in [1.807, 2.05) is 30.5 Å². The molecule has 0 unspecified atom stereocenters. The van der Waals surface area contributed by atoms with Gasteiger partial charge in [0.1, 0.15) is 16.8 Å². The van der Waals surface area contributed by atoms with Crippen LogP contribution in [0.5, 0.6) is 5.75 Å². The molecule has 11 nitrogen and oxygen atoms in total. The van der Waals surface area contributed by atoms with E-state index in [1.165, 1.54) is 36.4 Å². The molecule has 52 heavy (non-hydrogen) atoms. The van der Waals surface area contributed by atoms with Crippen molar-refractivity contribution in [3.05, 3.63) is 64.8 Å². The predicted molar refractivity (Wildman–Crippen MR) is 192 cm³/mol. The minimum Gasteiger partial charge on any atom is -0.493 e. The standard InChI is InChI=1S/C33H42ClN5O4S2.C2HF3O2/c34-26-8-6-25(7-9-26)31-20-36-32(44-31)22-37-18-19-39(30(21-37)33(40)38-16-14-27(35)15-17-38)45(41,42)29-12-10-28(11-13-29)43-23-24-4-2-1-3-5-24;3-2(4,5)1(6)7/h6-13,20,24,27,30H,1-5,14-19,21-23,35H2;(H,6,7)/t30-;/m0./s1. The van der Waals surface area contributed by atoms with Gasteiger partial charge in [-0.05, 0) is 73.6 Å². The van der Waals surface area contributed by atoms with Crippen molar-refractivity contribution in [3.63, 3.8) is 0 Å². The van der Waals surface area contributed by atoms with Gasteiger partial charge in [-0.2, -0.15) is 17.5 Å². The van der Waals surface area contributed by atoms with Crippen LogP contribution in [-0.2, 0) is 26.2 Å². The highest BCUT2D eigenvalue weighted by atomic mass is 35.5. The van der Waals surface area contributed by atoms with Crippen LogP contribution in [-0.4, -0.2) is 102 Å². The third-order valence-electron chi connectivity index (χ3n) is 9.48. The van der Waals surface area contributed by atoms with Crippen LogP contribution < -0.4 is 10.5 Å². The minimum atomic E-state index is -5.08. The molecular weight excluding hydrogens is 743 g/mol. The molecule has 2 aromatic carbocycles. The number of hydrogen-bond donors (Lipinski definition) is 2. The Kier molecular flexibility index (Phi) is 13.6. The molecule has 2 aliphatic heterocycles. The number of piperidine rings is 1. The van der Waals surface area contributed by atoms with Crippen molar-refractivity contribution in [1.29, 1.82) is 0 Å². The van der Waals surface area contributed by atoms with Crippen LogP contribution in [0.3, 0.4) is 0 Å². The number of amides is 1. The van der Waals surface area contributed by atoms with Crippen molar-refractivity contribution in [2.24, 2.45) is 11.7 Å². The molecule has 0 radical (unpaired) electrons. The normalized spacial score (nSPS) is 19.9. The second-order valence-corrected chi connectivity index (χ2v) is 16.7. The largest absolute Gasteiger partial charge is 0.493 e. The van der Waals surface area contributed by atoms with E-state index in [2.05, 4.69) is 9.88 Å². The fourth-order valence-electron chi connectivity index (χ4n) is 6.52. The number of alkyl halides is 3. The van der Waals surface area contributed by atoms with Crippen LogP contribution in [0.25, 0.3) is 10.4 Å². The first-order chi connectivity index (χ1) is 24.7. The molecule has 17 heteroatoms. The van der Waals surface area contributed by atoms with Gasteiger partial charge in [0.05, 0.1) is 22.9 Å². The first-order valence-electron chi connectivity index (χ1n) is 17.2. The van der Waals surface area contributed by atoms with Crippen LogP contribution >= 0.6 is 22.9 Å². The Morgan fingerprint density at radius 1 is 0.962 bits per heavy atom. The molecule has 6 rings (SSSR count). The van der Waals surface area contributed by atoms with Gasteiger partial charge >= 0.3 is 12.1 Å². The van der Waals surface area contributed by atoms with Crippen LogP contribution in [0, 0.1) is 5.92 Å². The number of thiazole rings is 1. The third-order valence-corrected chi connectivity index (χ3v) is 12.7. The minimum absolute atomic E-state index is 0.0651. The molecule has 3 aliphatic rings. The highest BCUT2D eigenvalue weighted by Crippen LogP contribution is 2.31. The zero-order chi connectivity index (χ0) is 37.5. The van der Waals surface area contributed by atoms with Gasteiger partial charge < -0.3 is 20.5 Å². The molecule has 0 bridgehead atoms. The molecule has 0 spiro atoms. The molecule has 1 amide bonds. The number of halogens is 4. The fourth-order valence-corrected chi connectivity index (χ4v) is 9.18. The number of carbonyl (C=O) groups is 2. The average Bonchev–Trinajstić information content (AvgIpc) is 3.60. The maximum Gasteiger partial charge on any atom is 0.490 e. The number of benzene rings is 2. The first kappa shape index (κ1) is 39.9. The Morgan fingerprint density at radius 3 is 2.21 bits per heavy atom. The monoisotopic (exact) mass is 785 g/mol. The van der Waals surface area contributed by atoms with Gasteiger partial charge in [0.15, 0.2) is 0 Å². The van der Waals surface area contributed by atoms with Gasteiger partial charge in [-0.1, -0.05) is 43.0 Å². The highest BCUT2D eigenvalue weighted by molar-refractivity contribution is 7.89. The topological polar surface area (TPSA) is 146 Å². The molecule has 1 saturated carbocycles. The molecule has 284 valence electrons. The number of nitrogens with zero attached hydrogens (tertiary/aromatic N) is 4. The molecule has 1 aliphatic carbocycles. The van der Waals surface area contributed by atoms with Gasteiger partial charge in [0.25, 0.3) is 0 Å². The molecule has 3 aromatic rings. The van der Waals surface area contributed by atoms with Crippen LogP contribution in [0.15, 0.2) is 59.6 Å². The van der Waals surface area contributed by atoms with E-state index in [4.69, 9.17) is 32.0 Å². The highest BCUT2D eigenvalue weighted by Gasteiger charge is 2.42. The third kappa shape index (κ3) is 10.7. The number of ether oxygens (including phenoxy) is 1. The lowest BCUT2D eigenvalue weighted by Gasteiger charge is -2.42. The van der Waals surface area contributed by atoms with E-state index in [9.17, 15) is 26.4 Å². The molecule has 3 heterocycles. The summed E-state index contributed by atoms with van der Waals surface area (Å²) in [5, 5.41) is 8.72. The van der Waals surface area contributed by atoms with Crippen molar-refractivity contribution in [1.82, 2.24) is 19.1 Å². The summed E-state index contributed by atoms with van der Waals surface area (Å²) in [5.74, 6) is -1.69. The summed E-state index contributed by atoms with van der Waals surface area (Å²) in [5.41, 5.74) is 7.15. The summed E-state index contributed by atoms with van der Waals surface area (Å²) >= 11 is 7.65. The van der Waals surface area contributed by atoms with Crippen molar-refractivity contribution in [2.75, 3.05) is 39.3 Å². The molecular formula is C35H43ClF3N5O6S2. The molecule has 1 aromatic heterocycles. The van der Waals surface area contributed by atoms with Crippen molar-refractivity contribution >= 4 is 44.8 Å². The number of rotatable bonds is 9. The number of carboxylic acid groups (broad SMARTS) is 1. The molecule has 1 atom stereocenters. The molecule has 3 N–H and O–H groups in total. The van der Waals surface area contributed by atoms with E-state index < -0.39 is 28.2 Å². The van der Waals surface area contributed by atoms with E-state index in [0.29, 0.717) is 68.9 Å². The first-order valence-corrected chi connectivity index (χ1v) is 19.9. The number of likely N-dealkylation sites (tertiary alicyclic amines) is 1. The zero-order valence-electron chi connectivity index (χ0n) is 28.5. The Labute approximate surface area is 310 Å². The van der Waals surface area contributed by atoms with Crippen LogP contribution in [0.1, 0.15) is 50.0 Å². The number of hydrogen-bond acceptors (Lipinski definition) is 9. The van der Waals surface area contributed by atoms with E-state index in [1.54, 1.807) is 40.5 Å². The second kappa shape index (κ2) is 17.7. The number of aliphatic carboxylic acids is 1. The zero-order valence-corrected chi connectivity index (χ0v) is 30.9. The Hall–Kier alpha value is -3.28. The van der Waals surface area contributed by atoms with Crippen LogP contribution in [0.4, 0.5) is 13.2 Å². The lowest BCUT2D eigenvalue weighted by atomic mass is 9.90. The number of nitrogens with two attached hydrogens (primary N) is 1.